The maximum Gasteiger partial charge on any atom is 0.0272 e. The normalized spacial score (nSPS) is 19.3. The van der Waals surface area contributed by atoms with Crippen LogP contribution in [-0.2, 0) is 0 Å². The van der Waals surface area contributed by atoms with Crippen LogP contribution in [0.25, 0.3) is 0 Å². The zero-order chi connectivity index (χ0) is 10.9. The first-order valence-electron chi connectivity index (χ1n) is 5.82. The molecule has 0 bridgehead atoms. The Morgan fingerprint density at radius 1 is 1.47 bits per heavy atom. The van der Waals surface area contributed by atoms with Crippen molar-refractivity contribution in [1.29, 1.82) is 0 Å². The summed E-state index contributed by atoms with van der Waals surface area (Å²) >= 11 is 0. The van der Waals surface area contributed by atoms with E-state index in [1.807, 2.05) is 0 Å². The van der Waals surface area contributed by atoms with Gasteiger partial charge in [-0.3, -0.25) is 0 Å². The summed E-state index contributed by atoms with van der Waals surface area (Å²) < 4.78 is 0. The molecule has 1 saturated heterocycles. The average Bonchev–Trinajstić information content (AvgIpc) is 2.28. The van der Waals surface area contributed by atoms with Gasteiger partial charge in [0, 0.05) is 6.42 Å². The summed E-state index contributed by atoms with van der Waals surface area (Å²) in [5.74, 6) is 3.51. The van der Waals surface area contributed by atoms with E-state index < -0.39 is 0 Å². The highest BCUT2D eigenvalue weighted by atomic mass is 14.9. The van der Waals surface area contributed by atoms with Crippen LogP contribution in [0.4, 0.5) is 0 Å². The second kappa shape index (κ2) is 7.31. The lowest BCUT2D eigenvalue weighted by Gasteiger charge is -2.22. The molecule has 0 aromatic heterocycles. The first-order chi connectivity index (χ1) is 7.36. The van der Waals surface area contributed by atoms with E-state index >= 15 is 0 Å². The molecule has 1 aliphatic rings. The third-order valence-electron chi connectivity index (χ3n) is 2.85. The molecule has 0 spiro atoms. The Balaban J connectivity index is 2.46. The summed E-state index contributed by atoms with van der Waals surface area (Å²) in [4.78, 5) is 0. The predicted molar refractivity (Wildman–Crippen MR) is 66.6 cm³/mol. The van der Waals surface area contributed by atoms with E-state index in [1.165, 1.54) is 37.9 Å². The van der Waals surface area contributed by atoms with Crippen molar-refractivity contribution in [2.75, 3.05) is 13.1 Å². The maximum absolute atomic E-state index is 5.28. The SMILES string of the molecule is C#CC/C=C(\C=C/C)CC1CCNCC1. The quantitative estimate of drug-likeness (QED) is 0.547. The van der Waals surface area contributed by atoms with Gasteiger partial charge in [-0.05, 0) is 45.2 Å². The Kier molecular flexibility index (Phi) is 5.88. The Hall–Kier alpha value is -1.00. The zero-order valence-corrected chi connectivity index (χ0v) is 9.63. The fourth-order valence-corrected chi connectivity index (χ4v) is 2.04. The minimum atomic E-state index is 0.755. The van der Waals surface area contributed by atoms with E-state index in [2.05, 4.69) is 36.4 Å². The lowest BCUT2D eigenvalue weighted by molar-refractivity contribution is 0.373. The Bertz CT molecular complexity index is 262. The summed E-state index contributed by atoms with van der Waals surface area (Å²) in [5, 5.41) is 3.39. The van der Waals surface area contributed by atoms with E-state index in [9.17, 15) is 0 Å². The molecule has 1 aliphatic heterocycles. The van der Waals surface area contributed by atoms with Gasteiger partial charge < -0.3 is 5.32 Å². The molecule has 1 fully saturated rings. The first-order valence-corrected chi connectivity index (χ1v) is 5.82. The van der Waals surface area contributed by atoms with Crippen LogP contribution in [0.5, 0.6) is 0 Å². The topological polar surface area (TPSA) is 12.0 Å². The molecule has 0 aromatic rings. The minimum absolute atomic E-state index is 0.755. The summed E-state index contributed by atoms with van der Waals surface area (Å²) in [7, 11) is 0. The fraction of sp³-hybridized carbons (Fsp3) is 0.571. The number of hydrogen-bond donors (Lipinski definition) is 1. The van der Waals surface area contributed by atoms with Crippen LogP contribution >= 0.6 is 0 Å². The molecule has 1 heterocycles. The molecule has 1 heteroatoms. The number of hydrogen-bond acceptors (Lipinski definition) is 1. The van der Waals surface area contributed by atoms with Gasteiger partial charge in [0.15, 0.2) is 0 Å². The third-order valence-corrected chi connectivity index (χ3v) is 2.85. The van der Waals surface area contributed by atoms with Gasteiger partial charge in [0.25, 0.3) is 0 Å². The number of terminal acetylenes is 1. The van der Waals surface area contributed by atoms with Crippen molar-refractivity contribution < 1.29 is 0 Å². The van der Waals surface area contributed by atoms with Crippen LogP contribution < -0.4 is 5.32 Å². The molecule has 0 aromatic carbocycles. The Labute approximate surface area is 93.6 Å². The molecule has 82 valence electrons. The average molecular weight is 203 g/mol. The summed E-state index contributed by atoms with van der Waals surface area (Å²) in [5.41, 5.74) is 1.40. The van der Waals surface area contributed by atoms with Gasteiger partial charge in [0.1, 0.15) is 0 Å². The van der Waals surface area contributed by atoms with Crippen molar-refractivity contribution in [3.05, 3.63) is 23.8 Å². The Morgan fingerprint density at radius 2 is 2.20 bits per heavy atom. The van der Waals surface area contributed by atoms with Crippen molar-refractivity contribution in [1.82, 2.24) is 5.32 Å². The van der Waals surface area contributed by atoms with Gasteiger partial charge in [0.05, 0.1) is 0 Å². The standard InChI is InChI=1S/C14H21N/c1-3-5-7-13(6-4-2)12-14-8-10-15-11-9-14/h1,4,6-7,14-15H,5,8-12H2,2H3/b6-4-,13-7+. The molecule has 0 aliphatic carbocycles. The molecule has 1 rings (SSSR count). The smallest absolute Gasteiger partial charge is 0.0272 e. The highest BCUT2D eigenvalue weighted by molar-refractivity contribution is 5.20. The van der Waals surface area contributed by atoms with Crippen molar-refractivity contribution in [2.24, 2.45) is 5.92 Å². The third kappa shape index (κ3) is 4.85. The van der Waals surface area contributed by atoms with Crippen molar-refractivity contribution >= 4 is 0 Å². The first kappa shape index (κ1) is 12.1. The molecule has 0 amide bonds. The molecule has 0 atom stereocenters. The van der Waals surface area contributed by atoms with Gasteiger partial charge in [0.2, 0.25) is 0 Å². The molecule has 15 heavy (non-hydrogen) atoms. The van der Waals surface area contributed by atoms with E-state index in [1.54, 1.807) is 0 Å². The number of rotatable bonds is 4. The molecule has 0 saturated carbocycles. The molecule has 1 nitrogen and oxygen atoms in total. The molecule has 0 unspecified atom stereocenters. The van der Waals surface area contributed by atoms with Gasteiger partial charge in [-0.15, -0.1) is 12.3 Å². The zero-order valence-electron chi connectivity index (χ0n) is 9.63. The fourth-order valence-electron chi connectivity index (χ4n) is 2.04. The van der Waals surface area contributed by atoms with Crippen LogP contribution in [-0.4, -0.2) is 13.1 Å². The van der Waals surface area contributed by atoms with Crippen LogP contribution in [0, 0.1) is 18.3 Å². The monoisotopic (exact) mass is 203 g/mol. The van der Waals surface area contributed by atoms with Crippen LogP contribution in [0.2, 0.25) is 0 Å². The van der Waals surface area contributed by atoms with Crippen LogP contribution in [0.1, 0.15) is 32.6 Å². The van der Waals surface area contributed by atoms with Gasteiger partial charge in [-0.25, -0.2) is 0 Å². The van der Waals surface area contributed by atoms with E-state index in [0.29, 0.717) is 0 Å². The maximum atomic E-state index is 5.28. The summed E-state index contributed by atoms with van der Waals surface area (Å²) in [6, 6.07) is 0. The van der Waals surface area contributed by atoms with E-state index in [4.69, 9.17) is 6.42 Å². The van der Waals surface area contributed by atoms with Crippen LogP contribution in [0.15, 0.2) is 23.8 Å². The van der Waals surface area contributed by atoms with Gasteiger partial charge >= 0.3 is 0 Å². The lowest BCUT2D eigenvalue weighted by Crippen LogP contribution is -2.27. The van der Waals surface area contributed by atoms with Crippen molar-refractivity contribution in [2.45, 2.75) is 32.6 Å². The predicted octanol–water partition coefficient (Wildman–Crippen LogP) is 2.90. The number of allylic oxidation sites excluding steroid dienone is 4. The second-order valence-electron chi connectivity index (χ2n) is 4.08. The lowest BCUT2D eigenvalue weighted by atomic mass is 9.90. The molecular formula is C14H21N. The van der Waals surface area contributed by atoms with Gasteiger partial charge in [-0.2, -0.15) is 0 Å². The largest absolute Gasteiger partial charge is 0.317 e. The van der Waals surface area contributed by atoms with Gasteiger partial charge in [-0.1, -0.05) is 23.8 Å². The van der Waals surface area contributed by atoms with Crippen molar-refractivity contribution in [3.63, 3.8) is 0 Å². The van der Waals surface area contributed by atoms with E-state index in [-0.39, 0.29) is 0 Å². The number of piperidine rings is 1. The molecular weight excluding hydrogens is 182 g/mol. The number of nitrogens with one attached hydrogen (secondary N) is 1. The summed E-state index contributed by atoms with van der Waals surface area (Å²) in [6.45, 7) is 4.40. The second-order valence-corrected chi connectivity index (χ2v) is 4.08. The molecule has 1 N–H and O–H groups in total. The van der Waals surface area contributed by atoms with E-state index in [0.717, 1.165) is 12.3 Å². The van der Waals surface area contributed by atoms with Crippen molar-refractivity contribution in [3.8, 4) is 12.3 Å². The highest BCUT2D eigenvalue weighted by Gasteiger charge is 2.13. The Morgan fingerprint density at radius 3 is 2.80 bits per heavy atom. The molecule has 0 radical (unpaired) electrons. The van der Waals surface area contributed by atoms with Crippen LogP contribution in [0.3, 0.4) is 0 Å². The summed E-state index contributed by atoms with van der Waals surface area (Å²) in [6.07, 6.45) is 16.3. The minimum Gasteiger partial charge on any atom is -0.317 e. The highest BCUT2D eigenvalue weighted by Crippen LogP contribution is 2.21.